The lowest BCUT2D eigenvalue weighted by molar-refractivity contribution is -0.138. The molecule has 0 bridgehead atoms. The second-order valence-electron chi connectivity index (χ2n) is 3.74. The van der Waals surface area contributed by atoms with Crippen LogP contribution in [0.5, 0.6) is 0 Å². The van der Waals surface area contributed by atoms with Crippen molar-refractivity contribution in [3.63, 3.8) is 0 Å². The smallest absolute Gasteiger partial charge is 0.271 e. The molecule has 0 spiro atoms. The number of nitrogens with one attached hydrogen (secondary N) is 1. The van der Waals surface area contributed by atoms with Gasteiger partial charge in [0.25, 0.3) is 0 Å². The number of alkyl halides is 3. The van der Waals surface area contributed by atoms with Gasteiger partial charge in [0.2, 0.25) is 0 Å². The molecule has 0 aromatic carbocycles. The molecule has 0 fully saturated rings. The van der Waals surface area contributed by atoms with Crippen molar-refractivity contribution >= 4 is 27.3 Å². The van der Waals surface area contributed by atoms with E-state index < -0.39 is 17.8 Å². The lowest BCUT2D eigenvalue weighted by Gasteiger charge is -2.19. The second kappa shape index (κ2) is 5.58. The van der Waals surface area contributed by atoms with E-state index in [2.05, 4.69) is 26.3 Å². The van der Waals surface area contributed by atoms with Crippen molar-refractivity contribution in [1.29, 1.82) is 0 Å². The van der Waals surface area contributed by atoms with Gasteiger partial charge in [0.1, 0.15) is 0 Å². The summed E-state index contributed by atoms with van der Waals surface area (Å²) < 4.78 is 39.7. The van der Waals surface area contributed by atoms with Gasteiger partial charge in [0.15, 0.2) is 0 Å². The summed E-state index contributed by atoms with van der Waals surface area (Å²) >= 11 is 4.65. The number of hydrazine groups is 1. The van der Waals surface area contributed by atoms with Crippen molar-refractivity contribution in [3.8, 4) is 0 Å². The molecule has 3 nitrogen and oxygen atoms in total. The zero-order chi connectivity index (χ0) is 14.0. The number of hydrogen-bond donors (Lipinski definition) is 2. The molecule has 8 heteroatoms. The Labute approximate surface area is 119 Å². The monoisotopic (exact) mass is 351 g/mol. The van der Waals surface area contributed by atoms with Crippen LogP contribution in [0.2, 0.25) is 0 Å². The predicted molar refractivity (Wildman–Crippen MR) is 70.4 cm³/mol. The Balaban J connectivity index is 2.50. The molecule has 2 rings (SSSR count). The van der Waals surface area contributed by atoms with Gasteiger partial charge in [-0.15, -0.1) is 11.3 Å². The quantitative estimate of drug-likeness (QED) is 0.657. The number of pyridine rings is 1. The van der Waals surface area contributed by atoms with Crippen LogP contribution in [0.1, 0.15) is 22.7 Å². The SMILES string of the molecule is NNC(c1csc(Br)c1)c1cnccc1C(F)(F)F. The Morgan fingerprint density at radius 1 is 1.42 bits per heavy atom. The molecule has 0 aliphatic heterocycles. The number of halogens is 4. The highest BCUT2D eigenvalue weighted by atomic mass is 79.9. The standard InChI is InChI=1S/C11H9BrF3N3S/c12-9-3-6(5-19-9)10(18-16)7-4-17-2-1-8(7)11(13,14)15/h1-5,10,18H,16H2. The highest BCUT2D eigenvalue weighted by Crippen LogP contribution is 2.37. The first-order chi connectivity index (χ1) is 8.93. The number of hydrogen-bond acceptors (Lipinski definition) is 4. The van der Waals surface area contributed by atoms with Crippen LogP contribution in [0.25, 0.3) is 0 Å². The number of nitrogens with two attached hydrogens (primary N) is 1. The molecule has 2 aromatic rings. The highest BCUT2D eigenvalue weighted by Gasteiger charge is 2.35. The maximum absolute atomic E-state index is 13.0. The molecule has 19 heavy (non-hydrogen) atoms. The van der Waals surface area contributed by atoms with Gasteiger partial charge >= 0.3 is 6.18 Å². The minimum absolute atomic E-state index is 0.00259. The van der Waals surface area contributed by atoms with Crippen molar-refractivity contribution in [3.05, 3.63) is 50.4 Å². The summed E-state index contributed by atoms with van der Waals surface area (Å²) in [5, 5.41) is 1.74. The first-order valence-electron chi connectivity index (χ1n) is 5.14. The molecule has 1 unspecified atom stereocenters. The van der Waals surface area contributed by atoms with Crippen LogP contribution in [0.15, 0.2) is 33.7 Å². The summed E-state index contributed by atoms with van der Waals surface area (Å²) in [7, 11) is 0. The van der Waals surface area contributed by atoms with Gasteiger partial charge in [-0.05, 0) is 39.0 Å². The molecule has 0 saturated heterocycles. The third-order valence-electron chi connectivity index (χ3n) is 2.56. The Kier molecular flexibility index (Phi) is 4.24. The number of rotatable bonds is 3. The largest absolute Gasteiger partial charge is 0.416 e. The summed E-state index contributed by atoms with van der Waals surface area (Å²) in [5.74, 6) is 5.40. The van der Waals surface area contributed by atoms with Gasteiger partial charge in [0, 0.05) is 18.0 Å². The summed E-state index contributed by atoms with van der Waals surface area (Å²) in [5.41, 5.74) is 2.32. The third-order valence-corrected chi connectivity index (χ3v) is 4.08. The molecule has 0 aliphatic carbocycles. The van der Waals surface area contributed by atoms with Crippen LogP contribution in [0, 0.1) is 0 Å². The lowest BCUT2D eigenvalue weighted by Crippen LogP contribution is -2.30. The van der Waals surface area contributed by atoms with E-state index in [0.717, 1.165) is 16.0 Å². The number of thiophene rings is 1. The Bertz CT molecular complexity index is 570. The van der Waals surface area contributed by atoms with Crippen molar-refractivity contribution in [2.75, 3.05) is 0 Å². The Morgan fingerprint density at radius 2 is 2.16 bits per heavy atom. The topological polar surface area (TPSA) is 50.9 Å². The fourth-order valence-corrected chi connectivity index (χ4v) is 2.94. The fourth-order valence-electron chi connectivity index (χ4n) is 1.74. The van der Waals surface area contributed by atoms with Crippen LogP contribution in [0.3, 0.4) is 0 Å². The molecule has 0 aliphatic rings. The molecule has 1 atom stereocenters. The fraction of sp³-hybridized carbons (Fsp3) is 0.182. The van der Waals surface area contributed by atoms with Gasteiger partial charge in [-0.2, -0.15) is 13.2 Å². The Morgan fingerprint density at radius 3 is 2.68 bits per heavy atom. The van der Waals surface area contributed by atoms with Crippen LogP contribution >= 0.6 is 27.3 Å². The summed E-state index contributed by atoms with van der Waals surface area (Å²) in [6.45, 7) is 0. The average molecular weight is 352 g/mol. The van der Waals surface area contributed by atoms with Crippen LogP contribution in [0.4, 0.5) is 13.2 Å². The van der Waals surface area contributed by atoms with E-state index in [9.17, 15) is 13.2 Å². The first-order valence-corrected chi connectivity index (χ1v) is 6.82. The predicted octanol–water partition coefficient (Wildman–Crippen LogP) is 3.48. The zero-order valence-electron chi connectivity index (χ0n) is 9.41. The maximum Gasteiger partial charge on any atom is 0.416 e. The molecular formula is C11H9BrF3N3S. The van der Waals surface area contributed by atoms with Crippen LogP contribution in [-0.4, -0.2) is 4.98 Å². The second-order valence-corrected chi connectivity index (χ2v) is 6.03. The molecule has 2 heterocycles. The van der Waals surface area contributed by atoms with Crippen LogP contribution in [-0.2, 0) is 6.18 Å². The average Bonchev–Trinajstić information content (AvgIpc) is 2.76. The van der Waals surface area contributed by atoms with Gasteiger partial charge in [0.05, 0.1) is 15.4 Å². The van der Waals surface area contributed by atoms with E-state index in [1.807, 2.05) is 0 Å². The summed E-state index contributed by atoms with van der Waals surface area (Å²) in [4.78, 5) is 3.76. The summed E-state index contributed by atoms with van der Waals surface area (Å²) in [6, 6.07) is 1.91. The zero-order valence-corrected chi connectivity index (χ0v) is 11.8. The van der Waals surface area contributed by atoms with E-state index in [1.165, 1.54) is 17.5 Å². The van der Waals surface area contributed by atoms with Gasteiger partial charge in [-0.1, -0.05) is 0 Å². The third kappa shape index (κ3) is 3.14. The van der Waals surface area contributed by atoms with Gasteiger partial charge < -0.3 is 0 Å². The van der Waals surface area contributed by atoms with Gasteiger partial charge in [-0.3, -0.25) is 10.8 Å². The molecule has 3 N–H and O–H groups in total. The molecule has 0 saturated carbocycles. The lowest BCUT2D eigenvalue weighted by atomic mass is 9.98. The van der Waals surface area contributed by atoms with Crippen molar-refractivity contribution in [1.82, 2.24) is 10.4 Å². The molecular weight excluding hydrogens is 343 g/mol. The van der Waals surface area contributed by atoms with E-state index in [4.69, 9.17) is 5.84 Å². The van der Waals surface area contributed by atoms with E-state index in [1.54, 1.807) is 11.4 Å². The molecule has 2 aromatic heterocycles. The van der Waals surface area contributed by atoms with Gasteiger partial charge in [-0.25, -0.2) is 5.43 Å². The van der Waals surface area contributed by atoms with E-state index >= 15 is 0 Å². The molecule has 0 radical (unpaired) electrons. The van der Waals surface area contributed by atoms with Crippen molar-refractivity contribution in [2.24, 2.45) is 5.84 Å². The van der Waals surface area contributed by atoms with Crippen molar-refractivity contribution in [2.45, 2.75) is 12.2 Å². The number of nitrogens with zero attached hydrogens (tertiary/aromatic N) is 1. The maximum atomic E-state index is 13.0. The minimum atomic E-state index is -4.44. The molecule has 102 valence electrons. The highest BCUT2D eigenvalue weighted by molar-refractivity contribution is 9.11. The Hall–Kier alpha value is -0.960. The van der Waals surface area contributed by atoms with E-state index in [-0.39, 0.29) is 5.56 Å². The molecule has 0 amide bonds. The number of aromatic nitrogens is 1. The van der Waals surface area contributed by atoms with Crippen molar-refractivity contribution < 1.29 is 13.2 Å². The normalized spacial score (nSPS) is 13.5. The minimum Gasteiger partial charge on any atom is -0.271 e. The van der Waals surface area contributed by atoms with Crippen LogP contribution < -0.4 is 11.3 Å². The summed E-state index contributed by atoms with van der Waals surface area (Å²) in [6.07, 6.45) is -2.15. The van der Waals surface area contributed by atoms with E-state index in [0.29, 0.717) is 5.56 Å². The first kappa shape index (κ1) is 14.4.